The van der Waals surface area contributed by atoms with Crippen LogP contribution in [-0.2, 0) is 21.2 Å². The lowest BCUT2D eigenvalue weighted by molar-refractivity contribution is -0.123. The van der Waals surface area contributed by atoms with E-state index in [1.54, 1.807) is 20.3 Å². The van der Waals surface area contributed by atoms with Gasteiger partial charge in [-0.3, -0.25) is 4.79 Å². The van der Waals surface area contributed by atoms with Crippen molar-refractivity contribution < 1.29 is 27.4 Å². The molecule has 0 bridgehead atoms. The predicted octanol–water partition coefficient (Wildman–Crippen LogP) is 2.38. The number of ether oxygens (including phenoxy) is 3. The molecule has 0 saturated heterocycles. The van der Waals surface area contributed by atoms with Gasteiger partial charge in [0, 0.05) is 13.1 Å². The summed E-state index contributed by atoms with van der Waals surface area (Å²) in [7, 11) is -0.555. The Bertz CT molecular complexity index is 958. The zero-order valence-corrected chi connectivity index (χ0v) is 19.1. The van der Waals surface area contributed by atoms with E-state index >= 15 is 0 Å². The van der Waals surface area contributed by atoms with E-state index in [0.717, 1.165) is 5.56 Å². The van der Waals surface area contributed by atoms with Crippen LogP contribution in [0.4, 0.5) is 0 Å². The highest BCUT2D eigenvalue weighted by atomic mass is 32.2. The summed E-state index contributed by atoms with van der Waals surface area (Å²) >= 11 is 0. The Morgan fingerprint density at radius 1 is 1.00 bits per heavy atom. The van der Waals surface area contributed by atoms with Crippen LogP contribution in [0.1, 0.15) is 19.4 Å². The van der Waals surface area contributed by atoms with E-state index in [0.29, 0.717) is 36.1 Å². The van der Waals surface area contributed by atoms with E-state index < -0.39 is 10.0 Å². The zero-order valence-electron chi connectivity index (χ0n) is 18.3. The van der Waals surface area contributed by atoms with Crippen molar-refractivity contribution in [3.63, 3.8) is 0 Å². The average molecular weight is 451 g/mol. The minimum absolute atomic E-state index is 0.122. The quantitative estimate of drug-likeness (QED) is 0.515. The molecule has 0 unspecified atom stereocenters. The SMILES string of the molecule is COc1ccc(CCNS(=O)(=O)c2ccc(OCC(=O)NCC(C)C)cc2)cc1OC. The molecule has 0 aromatic heterocycles. The summed E-state index contributed by atoms with van der Waals surface area (Å²) in [5.41, 5.74) is 0.917. The minimum atomic E-state index is -3.67. The molecular weight excluding hydrogens is 420 g/mol. The fraction of sp³-hybridized carbons (Fsp3) is 0.409. The van der Waals surface area contributed by atoms with Crippen molar-refractivity contribution in [3.8, 4) is 17.2 Å². The number of hydrogen-bond donors (Lipinski definition) is 2. The fourth-order valence-electron chi connectivity index (χ4n) is 2.68. The third kappa shape index (κ3) is 7.76. The third-order valence-corrected chi connectivity index (χ3v) is 5.84. The molecule has 2 N–H and O–H groups in total. The van der Waals surface area contributed by atoms with E-state index in [1.165, 1.54) is 24.3 Å². The summed E-state index contributed by atoms with van der Waals surface area (Å²) in [5, 5.41) is 2.75. The molecule has 2 aromatic carbocycles. The Balaban J connectivity index is 1.87. The van der Waals surface area contributed by atoms with Gasteiger partial charge in [0.05, 0.1) is 19.1 Å². The molecule has 170 valence electrons. The van der Waals surface area contributed by atoms with Crippen LogP contribution >= 0.6 is 0 Å². The zero-order chi connectivity index (χ0) is 22.9. The Morgan fingerprint density at radius 3 is 2.29 bits per heavy atom. The number of amides is 1. The molecule has 0 heterocycles. The van der Waals surface area contributed by atoms with Crippen molar-refractivity contribution in [2.45, 2.75) is 25.2 Å². The van der Waals surface area contributed by atoms with Gasteiger partial charge >= 0.3 is 0 Å². The number of hydrogen-bond acceptors (Lipinski definition) is 6. The summed E-state index contributed by atoms with van der Waals surface area (Å²) in [4.78, 5) is 11.8. The Kier molecular flexibility index (Phi) is 9.14. The lowest BCUT2D eigenvalue weighted by Gasteiger charge is -2.11. The molecule has 0 radical (unpaired) electrons. The topological polar surface area (TPSA) is 103 Å². The molecule has 0 saturated carbocycles. The second-order valence-corrected chi connectivity index (χ2v) is 9.06. The number of benzene rings is 2. The summed E-state index contributed by atoms with van der Waals surface area (Å²) in [6.45, 7) is 4.69. The molecule has 2 rings (SSSR count). The third-order valence-electron chi connectivity index (χ3n) is 4.37. The van der Waals surface area contributed by atoms with Gasteiger partial charge in [0.25, 0.3) is 5.91 Å². The van der Waals surface area contributed by atoms with Gasteiger partial charge in [0.15, 0.2) is 18.1 Å². The second kappa shape index (κ2) is 11.6. The van der Waals surface area contributed by atoms with Crippen LogP contribution in [0.5, 0.6) is 17.2 Å². The summed E-state index contributed by atoms with van der Waals surface area (Å²) < 4.78 is 43.5. The molecule has 31 heavy (non-hydrogen) atoms. The molecular formula is C22H30N2O6S. The van der Waals surface area contributed by atoms with Gasteiger partial charge in [0.1, 0.15) is 5.75 Å². The maximum absolute atomic E-state index is 12.5. The predicted molar refractivity (Wildman–Crippen MR) is 118 cm³/mol. The number of rotatable bonds is 12. The van der Waals surface area contributed by atoms with Crippen LogP contribution in [0.15, 0.2) is 47.4 Å². The Hall–Kier alpha value is -2.78. The van der Waals surface area contributed by atoms with Gasteiger partial charge < -0.3 is 19.5 Å². The van der Waals surface area contributed by atoms with Crippen LogP contribution < -0.4 is 24.2 Å². The molecule has 0 aliphatic carbocycles. The number of nitrogens with one attached hydrogen (secondary N) is 2. The van der Waals surface area contributed by atoms with Crippen molar-refractivity contribution in [1.29, 1.82) is 0 Å². The van der Waals surface area contributed by atoms with Gasteiger partial charge in [-0.05, 0) is 54.3 Å². The van der Waals surface area contributed by atoms with Gasteiger partial charge in [-0.2, -0.15) is 0 Å². The van der Waals surface area contributed by atoms with Gasteiger partial charge in [-0.25, -0.2) is 13.1 Å². The lowest BCUT2D eigenvalue weighted by atomic mass is 10.1. The van der Waals surface area contributed by atoms with Crippen molar-refractivity contribution in [3.05, 3.63) is 48.0 Å². The molecule has 0 spiro atoms. The molecule has 0 fully saturated rings. The first-order chi connectivity index (χ1) is 14.7. The molecule has 8 nitrogen and oxygen atoms in total. The first-order valence-electron chi connectivity index (χ1n) is 9.95. The highest BCUT2D eigenvalue weighted by Gasteiger charge is 2.14. The largest absolute Gasteiger partial charge is 0.493 e. The monoisotopic (exact) mass is 450 g/mol. The van der Waals surface area contributed by atoms with Crippen molar-refractivity contribution in [2.75, 3.05) is 33.9 Å². The number of sulfonamides is 1. The maximum Gasteiger partial charge on any atom is 0.257 e. The highest BCUT2D eigenvalue weighted by Crippen LogP contribution is 2.27. The number of methoxy groups -OCH3 is 2. The number of carbonyl (C=O) groups excluding carboxylic acids is 1. The standard InChI is InChI=1S/C22H30N2O6S/c1-16(2)14-23-22(25)15-30-18-6-8-19(9-7-18)31(26,27)24-12-11-17-5-10-20(28-3)21(13-17)29-4/h5-10,13,16,24H,11-12,14-15H2,1-4H3,(H,23,25). The van der Waals surface area contributed by atoms with Crippen molar-refractivity contribution in [1.82, 2.24) is 10.0 Å². The Morgan fingerprint density at radius 2 is 1.68 bits per heavy atom. The first-order valence-corrected chi connectivity index (χ1v) is 11.4. The molecule has 2 aromatic rings. The minimum Gasteiger partial charge on any atom is -0.493 e. The summed E-state index contributed by atoms with van der Waals surface area (Å²) in [5.74, 6) is 1.77. The molecule has 9 heteroatoms. The normalized spacial score (nSPS) is 11.3. The maximum atomic E-state index is 12.5. The van der Waals surface area contributed by atoms with E-state index in [-0.39, 0.29) is 24.0 Å². The molecule has 1 amide bonds. The summed E-state index contributed by atoms with van der Waals surface area (Å²) in [6.07, 6.45) is 0.492. The first kappa shape index (κ1) is 24.5. The van der Waals surface area contributed by atoms with Gasteiger partial charge in [-0.15, -0.1) is 0 Å². The van der Waals surface area contributed by atoms with Gasteiger partial charge in [0.2, 0.25) is 10.0 Å². The molecule has 0 aliphatic heterocycles. The van der Waals surface area contributed by atoms with Crippen molar-refractivity contribution in [2.24, 2.45) is 5.92 Å². The lowest BCUT2D eigenvalue weighted by Crippen LogP contribution is -2.31. The van der Waals surface area contributed by atoms with E-state index in [9.17, 15) is 13.2 Å². The Labute approximate surface area is 184 Å². The highest BCUT2D eigenvalue weighted by molar-refractivity contribution is 7.89. The average Bonchev–Trinajstić information content (AvgIpc) is 2.76. The van der Waals surface area contributed by atoms with E-state index in [4.69, 9.17) is 14.2 Å². The van der Waals surface area contributed by atoms with Crippen molar-refractivity contribution >= 4 is 15.9 Å². The van der Waals surface area contributed by atoms with Crippen LogP contribution in [0.25, 0.3) is 0 Å². The summed E-state index contributed by atoms with van der Waals surface area (Å²) in [6, 6.07) is 11.4. The van der Waals surface area contributed by atoms with E-state index in [1.807, 2.05) is 26.0 Å². The van der Waals surface area contributed by atoms with Crippen LogP contribution in [0, 0.1) is 5.92 Å². The van der Waals surface area contributed by atoms with Crippen LogP contribution in [0.3, 0.4) is 0 Å². The van der Waals surface area contributed by atoms with Gasteiger partial charge in [-0.1, -0.05) is 19.9 Å². The van der Waals surface area contributed by atoms with Crippen LogP contribution in [-0.4, -0.2) is 48.2 Å². The number of carbonyl (C=O) groups is 1. The molecule has 0 atom stereocenters. The molecule has 0 aliphatic rings. The van der Waals surface area contributed by atoms with Crippen LogP contribution in [0.2, 0.25) is 0 Å². The smallest absolute Gasteiger partial charge is 0.257 e. The second-order valence-electron chi connectivity index (χ2n) is 7.30. The van der Waals surface area contributed by atoms with E-state index in [2.05, 4.69) is 10.0 Å². The fourth-order valence-corrected chi connectivity index (χ4v) is 3.71.